The number of benzene rings is 1. The van der Waals surface area contributed by atoms with Crippen molar-refractivity contribution in [1.29, 1.82) is 0 Å². The molecule has 0 spiro atoms. The molecule has 0 amide bonds. The molecule has 2 rings (SSSR count). The summed E-state index contributed by atoms with van der Waals surface area (Å²) in [5.41, 5.74) is 2.43. The van der Waals surface area contributed by atoms with Gasteiger partial charge in [-0.1, -0.05) is 0 Å². The Labute approximate surface area is 104 Å². The van der Waals surface area contributed by atoms with Crippen LogP contribution in [0.4, 0.5) is 0 Å². The molecule has 1 atom stereocenters. The number of carbonyl (C=O) groups is 1. The summed E-state index contributed by atoms with van der Waals surface area (Å²) in [6.45, 7) is 2.06. The fraction of sp³-hybridized carbons (Fsp3) is 0.300. The Balaban J connectivity index is 2.23. The Morgan fingerprint density at radius 2 is 2.21 bits per heavy atom. The van der Waals surface area contributed by atoms with Crippen molar-refractivity contribution in [2.75, 3.05) is 4.93 Å². The van der Waals surface area contributed by atoms with Crippen LogP contribution in [0.1, 0.15) is 15.1 Å². The van der Waals surface area contributed by atoms with E-state index in [1.807, 2.05) is 12.1 Å². The normalized spacial score (nSPS) is 20.4. The van der Waals surface area contributed by atoms with Crippen molar-refractivity contribution < 1.29 is 50.7 Å². The minimum absolute atomic E-state index is 0.163. The van der Waals surface area contributed by atoms with E-state index in [4.69, 9.17) is 3.07 Å². The van der Waals surface area contributed by atoms with Crippen LogP contribution < -0.4 is 45.9 Å². The molecule has 1 aliphatic heterocycles. The molecule has 4 heteroatoms. The van der Waals surface area contributed by atoms with E-state index in [1.165, 1.54) is 11.1 Å². The molecule has 0 radical (unpaired) electrons. The fourth-order valence-electron chi connectivity index (χ4n) is 1.33. The Morgan fingerprint density at radius 1 is 1.50 bits per heavy atom. The molecular formula is C10H10I2O2-2. The molecule has 1 unspecified atom stereocenters. The van der Waals surface area contributed by atoms with Gasteiger partial charge in [-0.05, 0) is 0 Å². The average Bonchev–Trinajstić information content (AvgIpc) is 2.83. The van der Waals surface area contributed by atoms with Crippen molar-refractivity contribution in [2.24, 2.45) is 0 Å². The van der Waals surface area contributed by atoms with E-state index < -0.39 is 0 Å². The summed E-state index contributed by atoms with van der Waals surface area (Å²) in [4.78, 5) is 13.2. The first-order valence-corrected chi connectivity index (χ1v) is 9.53. The van der Waals surface area contributed by atoms with Gasteiger partial charge in [-0.15, -0.1) is 0 Å². The van der Waals surface area contributed by atoms with Crippen molar-refractivity contribution in [3.8, 4) is 5.75 Å². The molecule has 0 N–H and O–H groups in total. The van der Waals surface area contributed by atoms with Crippen LogP contribution in [-0.4, -0.2) is 8.72 Å². The molecule has 78 valence electrons. The Morgan fingerprint density at radius 3 is 2.71 bits per heavy atom. The summed E-state index contributed by atoms with van der Waals surface area (Å²) < 4.78 is 6.27. The zero-order valence-corrected chi connectivity index (χ0v) is 12.2. The molecule has 0 aromatic heterocycles. The maximum absolute atomic E-state index is 11.1. The van der Waals surface area contributed by atoms with Gasteiger partial charge in [0, 0.05) is 0 Å². The molecule has 1 saturated heterocycles. The topological polar surface area (TPSA) is 26.3 Å². The summed E-state index contributed by atoms with van der Waals surface area (Å²) in [7, 11) is 0. The molecule has 0 bridgehead atoms. The third-order valence-corrected chi connectivity index (χ3v) is 5.42. The van der Waals surface area contributed by atoms with Crippen LogP contribution in [0.15, 0.2) is 18.2 Å². The number of alkyl halides is 2. The summed E-state index contributed by atoms with van der Waals surface area (Å²) >= 11 is -0.338. The number of hydrogen-bond acceptors (Lipinski definition) is 2. The third kappa shape index (κ3) is 2.21. The van der Waals surface area contributed by atoms with Crippen molar-refractivity contribution >= 4 is 3.79 Å². The molecule has 0 saturated carbocycles. The Bertz CT molecular complexity index is 376. The second-order valence-corrected chi connectivity index (χ2v) is 7.28. The van der Waals surface area contributed by atoms with Crippen LogP contribution in [0.3, 0.4) is 0 Å². The van der Waals surface area contributed by atoms with Gasteiger partial charge < -0.3 is 0 Å². The molecule has 1 aromatic rings. The van der Waals surface area contributed by atoms with E-state index in [1.54, 1.807) is 0 Å². The second kappa shape index (κ2) is 4.34. The molecule has 1 aromatic carbocycles. The van der Waals surface area contributed by atoms with Crippen molar-refractivity contribution in [2.45, 2.75) is 10.8 Å². The van der Waals surface area contributed by atoms with Gasteiger partial charge in [0.15, 0.2) is 0 Å². The van der Waals surface area contributed by atoms with E-state index >= 15 is 0 Å². The molecule has 14 heavy (non-hydrogen) atoms. The first-order valence-electron chi connectivity index (χ1n) is 4.16. The van der Waals surface area contributed by atoms with Crippen molar-refractivity contribution in [1.82, 2.24) is 0 Å². The van der Waals surface area contributed by atoms with Crippen molar-refractivity contribution in [3.05, 3.63) is 29.3 Å². The van der Waals surface area contributed by atoms with Crippen LogP contribution >= 0.6 is 0 Å². The number of rotatable bonds is 3. The summed E-state index contributed by atoms with van der Waals surface area (Å²) in [6, 6.07) is 6.09. The molecule has 1 aliphatic rings. The van der Waals surface area contributed by atoms with Crippen LogP contribution in [0.2, 0.25) is 0 Å². The fourth-order valence-corrected chi connectivity index (χ4v) is 3.91. The van der Waals surface area contributed by atoms with Crippen LogP contribution in [0, 0.1) is 6.92 Å². The van der Waals surface area contributed by atoms with Gasteiger partial charge in [-0.25, -0.2) is 0 Å². The first-order chi connectivity index (χ1) is 6.72. The van der Waals surface area contributed by atoms with Gasteiger partial charge in [-0.3, -0.25) is 0 Å². The van der Waals surface area contributed by atoms with Gasteiger partial charge in [0.05, 0.1) is 0 Å². The SMILES string of the molecule is C[I-]Oc1ccc(C2[I-]C2=O)c(C)c1. The number of aryl methyl sites for hydroxylation is 1. The number of hydrogen-bond donors (Lipinski definition) is 0. The average molecular weight is 416 g/mol. The van der Waals surface area contributed by atoms with Gasteiger partial charge in [0.1, 0.15) is 0 Å². The minimum atomic E-state index is -0.175. The zero-order chi connectivity index (χ0) is 10.1. The van der Waals surface area contributed by atoms with E-state index in [0.717, 1.165) is 5.75 Å². The van der Waals surface area contributed by atoms with Gasteiger partial charge >= 0.3 is 105 Å². The summed E-state index contributed by atoms with van der Waals surface area (Å²) in [6.07, 6.45) is 0. The van der Waals surface area contributed by atoms with Gasteiger partial charge in [-0.2, -0.15) is 0 Å². The molecule has 2 nitrogen and oxygen atoms in total. The van der Waals surface area contributed by atoms with E-state index in [0.29, 0.717) is 7.71 Å². The Kier molecular flexibility index (Phi) is 3.30. The molecule has 1 fully saturated rings. The van der Waals surface area contributed by atoms with E-state index in [2.05, 4.69) is 17.9 Å². The Hall–Kier alpha value is 0.150. The zero-order valence-electron chi connectivity index (χ0n) is 7.88. The van der Waals surface area contributed by atoms with Gasteiger partial charge in [0.25, 0.3) is 0 Å². The molecule has 1 heterocycles. The van der Waals surface area contributed by atoms with Gasteiger partial charge in [0.2, 0.25) is 0 Å². The quantitative estimate of drug-likeness (QED) is 0.283. The number of halogens is 2. The summed E-state index contributed by atoms with van der Waals surface area (Å²) in [5.74, 6) is 0.952. The number of carbonyl (C=O) groups excluding carboxylic acids is 1. The second-order valence-electron chi connectivity index (χ2n) is 3.03. The molecule has 0 aliphatic carbocycles. The van der Waals surface area contributed by atoms with Crippen molar-refractivity contribution in [3.63, 3.8) is 0 Å². The maximum atomic E-state index is 11.1. The predicted octanol–water partition coefficient (Wildman–Crippen LogP) is -4.32. The third-order valence-electron chi connectivity index (χ3n) is 2.05. The summed E-state index contributed by atoms with van der Waals surface area (Å²) in [5, 5.41) is 0. The first kappa shape index (κ1) is 10.7. The standard InChI is InChI=1S/C10H10I2O2/c1-6-5-7(14-11-2)3-4-8(6)9-10(13)12-9/h3-5,9H,1-2H3/q-2. The van der Waals surface area contributed by atoms with Crippen LogP contribution in [0.25, 0.3) is 0 Å². The van der Waals surface area contributed by atoms with E-state index in [-0.39, 0.29) is 42.8 Å². The van der Waals surface area contributed by atoms with Crippen LogP contribution in [-0.2, 0) is 4.79 Å². The van der Waals surface area contributed by atoms with E-state index in [9.17, 15) is 4.79 Å². The predicted molar refractivity (Wildman–Crippen MR) is 45.5 cm³/mol. The molecular weight excluding hydrogens is 406 g/mol. The van der Waals surface area contributed by atoms with Crippen LogP contribution in [0.5, 0.6) is 5.75 Å². The monoisotopic (exact) mass is 416 g/mol.